The number of carbonyl (C=O) groups excluding carboxylic acids is 2. The normalized spacial score (nSPS) is 11.9. The van der Waals surface area contributed by atoms with Crippen LogP contribution in [0.4, 0.5) is 0 Å². The summed E-state index contributed by atoms with van der Waals surface area (Å²) in [5, 5.41) is 20.8. The van der Waals surface area contributed by atoms with Crippen LogP contribution in [-0.2, 0) is 4.79 Å². The van der Waals surface area contributed by atoms with Crippen LogP contribution < -0.4 is 11.1 Å². The second-order valence-electron chi connectivity index (χ2n) is 3.29. The first-order valence-corrected chi connectivity index (χ1v) is 5.73. The van der Waals surface area contributed by atoms with Crippen LogP contribution in [0, 0.1) is 3.57 Å². The summed E-state index contributed by atoms with van der Waals surface area (Å²) in [5.41, 5.74) is 5.06. The Morgan fingerprint density at radius 2 is 2.12 bits per heavy atom. The molecule has 92 valence electrons. The zero-order valence-corrected chi connectivity index (χ0v) is 10.8. The number of aliphatic hydroxyl groups excluding tert-OH is 1. The van der Waals surface area contributed by atoms with Crippen molar-refractivity contribution in [2.75, 3.05) is 6.54 Å². The monoisotopic (exact) mass is 350 g/mol. The molecule has 17 heavy (non-hydrogen) atoms. The van der Waals surface area contributed by atoms with Gasteiger partial charge in [0.2, 0.25) is 5.91 Å². The second-order valence-corrected chi connectivity index (χ2v) is 4.46. The quantitative estimate of drug-likeness (QED) is 0.552. The first-order chi connectivity index (χ1) is 7.91. The summed E-state index contributed by atoms with van der Waals surface area (Å²) in [5.74, 6) is -1.42. The van der Waals surface area contributed by atoms with E-state index >= 15 is 0 Å². The Labute approximate surface area is 111 Å². The molecule has 1 unspecified atom stereocenters. The van der Waals surface area contributed by atoms with Crippen LogP contribution in [0.5, 0.6) is 5.75 Å². The maximum absolute atomic E-state index is 11.5. The van der Waals surface area contributed by atoms with Crippen LogP contribution in [0.2, 0.25) is 0 Å². The molecule has 0 heterocycles. The molecule has 0 radical (unpaired) electrons. The lowest BCUT2D eigenvalue weighted by Crippen LogP contribution is -2.39. The molecule has 0 spiro atoms. The number of amides is 2. The van der Waals surface area contributed by atoms with E-state index < -0.39 is 17.9 Å². The first kappa shape index (κ1) is 13.7. The van der Waals surface area contributed by atoms with E-state index in [2.05, 4.69) is 5.32 Å². The zero-order valence-electron chi connectivity index (χ0n) is 8.68. The van der Waals surface area contributed by atoms with Crippen molar-refractivity contribution in [3.63, 3.8) is 0 Å². The topological polar surface area (TPSA) is 113 Å². The standard InChI is InChI=1S/C10H11IN2O4/c11-6-2-1-5(3-7(6)14)10(17)13-4-8(15)9(12)16/h1-3,8,14-15H,4H2,(H2,12,16)(H,13,17). The zero-order chi connectivity index (χ0) is 13.0. The van der Waals surface area contributed by atoms with Crippen molar-refractivity contribution >= 4 is 34.4 Å². The molecule has 1 aromatic carbocycles. The van der Waals surface area contributed by atoms with Gasteiger partial charge >= 0.3 is 0 Å². The molecule has 0 aliphatic carbocycles. The SMILES string of the molecule is NC(=O)C(O)CNC(=O)c1ccc(I)c(O)c1. The van der Waals surface area contributed by atoms with E-state index in [4.69, 9.17) is 10.8 Å². The Bertz CT molecular complexity index is 450. The number of primary amides is 1. The van der Waals surface area contributed by atoms with Crippen LogP contribution in [-0.4, -0.2) is 34.7 Å². The highest BCUT2D eigenvalue weighted by Gasteiger charge is 2.13. The third-order valence-electron chi connectivity index (χ3n) is 1.99. The van der Waals surface area contributed by atoms with Crippen molar-refractivity contribution in [3.05, 3.63) is 27.3 Å². The number of halogens is 1. The fraction of sp³-hybridized carbons (Fsp3) is 0.200. The van der Waals surface area contributed by atoms with Gasteiger partial charge in [-0.25, -0.2) is 0 Å². The van der Waals surface area contributed by atoms with Crippen LogP contribution in [0.25, 0.3) is 0 Å². The highest BCUT2D eigenvalue weighted by Crippen LogP contribution is 2.20. The van der Waals surface area contributed by atoms with Gasteiger partial charge < -0.3 is 21.3 Å². The lowest BCUT2D eigenvalue weighted by Gasteiger charge is -2.08. The molecular weight excluding hydrogens is 339 g/mol. The lowest BCUT2D eigenvalue weighted by molar-refractivity contribution is -0.125. The van der Waals surface area contributed by atoms with Gasteiger partial charge in [-0.1, -0.05) is 0 Å². The first-order valence-electron chi connectivity index (χ1n) is 4.66. The number of nitrogens with two attached hydrogens (primary N) is 1. The average Bonchev–Trinajstić information content (AvgIpc) is 2.28. The van der Waals surface area contributed by atoms with Crippen LogP contribution in [0.3, 0.4) is 0 Å². The van der Waals surface area contributed by atoms with Crippen LogP contribution >= 0.6 is 22.6 Å². The maximum atomic E-state index is 11.5. The summed E-state index contributed by atoms with van der Waals surface area (Å²) in [6.07, 6.45) is -1.42. The number of aliphatic hydroxyl groups is 1. The fourth-order valence-electron chi connectivity index (χ4n) is 1.05. The van der Waals surface area contributed by atoms with E-state index in [0.717, 1.165) is 0 Å². The number of aromatic hydroxyl groups is 1. The summed E-state index contributed by atoms with van der Waals surface area (Å²) in [6.45, 7) is -0.263. The number of carbonyl (C=O) groups is 2. The minimum absolute atomic E-state index is 0.00583. The number of nitrogens with one attached hydrogen (secondary N) is 1. The van der Waals surface area contributed by atoms with E-state index in [0.29, 0.717) is 3.57 Å². The van der Waals surface area contributed by atoms with Crippen molar-refractivity contribution in [2.45, 2.75) is 6.10 Å². The maximum Gasteiger partial charge on any atom is 0.251 e. The van der Waals surface area contributed by atoms with E-state index in [-0.39, 0.29) is 17.9 Å². The van der Waals surface area contributed by atoms with Crippen molar-refractivity contribution in [3.8, 4) is 5.75 Å². The van der Waals surface area contributed by atoms with Gasteiger partial charge in [0.05, 0.1) is 10.1 Å². The van der Waals surface area contributed by atoms with Crippen LogP contribution in [0.1, 0.15) is 10.4 Å². The average molecular weight is 350 g/mol. The van der Waals surface area contributed by atoms with Gasteiger partial charge in [-0.15, -0.1) is 0 Å². The van der Waals surface area contributed by atoms with Crippen LogP contribution in [0.15, 0.2) is 18.2 Å². The van der Waals surface area contributed by atoms with Gasteiger partial charge in [0.25, 0.3) is 5.91 Å². The Morgan fingerprint density at radius 1 is 1.47 bits per heavy atom. The smallest absolute Gasteiger partial charge is 0.251 e. The van der Waals surface area contributed by atoms with Gasteiger partial charge in [-0.2, -0.15) is 0 Å². The van der Waals surface area contributed by atoms with E-state index in [1.54, 1.807) is 6.07 Å². The molecule has 1 aromatic rings. The van der Waals surface area contributed by atoms with Gasteiger partial charge in [-0.3, -0.25) is 9.59 Å². The number of hydrogen-bond acceptors (Lipinski definition) is 4. The fourth-order valence-corrected chi connectivity index (χ4v) is 1.38. The lowest BCUT2D eigenvalue weighted by atomic mass is 10.2. The summed E-state index contributed by atoms with van der Waals surface area (Å²) < 4.78 is 0.622. The number of phenols is 1. The number of phenolic OH excluding ortho intramolecular Hbond substituents is 1. The van der Waals surface area contributed by atoms with Crippen molar-refractivity contribution in [2.24, 2.45) is 5.73 Å². The number of benzene rings is 1. The molecule has 2 amide bonds. The summed E-state index contributed by atoms with van der Waals surface area (Å²) in [6, 6.07) is 4.40. The Kier molecular flexibility index (Phi) is 4.70. The predicted molar refractivity (Wildman–Crippen MR) is 68.4 cm³/mol. The molecule has 0 bridgehead atoms. The highest BCUT2D eigenvalue weighted by molar-refractivity contribution is 14.1. The van der Waals surface area contributed by atoms with E-state index in [1.807, 2.05) is 22.6 Å². The third-order valence-corrected chi connectivity index (χ3v) is 2.90. The third kappa shape index (κ3) is 3.86. The second kappa shape index (κ2) is 5.82. The molecular formula is C10H11IN2O4. The van der Waals surface area contributed by atoms with Gasteiger partial charge in [-0.05, 0) is 40.8 Å². The minimum atomic E-state index is -1.42. The van der Waals surface area contributed by atoms with Crippen molar-refractivity contribution in [1.29, 1.82) is 0 Å². The molecule has 0 fully saturated rings. The molecule has 0 aromatic heterocycles. The molecule has 1 rings (SSSR count). The largest absolute Gasteiger partial charge is 0.507 e. The van der Waals surface area contributed by atoms with E-state index in [1.165, 1.54) is 12.1 Å². The summed E-state index contributed by atoms with van der Waals surface area (Å²) >= 11 is 1.92. The van der Waals surface area contributed by atoms with Crippen molar-refractivity contribution < 1.29 is 19.8 Å². The Balaban J connectivity index is 2.64. The van der Waals surface area contributed by atoms with Gasteiger partial charge in [0.15, 0.2) is 0 Å². The molecule has 0 saturated heterocycles. The highest BCUT2D eigenvalue weighted by atomic mass is 127. The minimum Gasteiger partial charge on any atom is -0.507 e. The molecule has 7 heteroatoms. The molecule has 5 N–H and O–H groups in total. The number of rotatable bonds is 4. The summed E-state index contributed by atoms with van der Waals surface area (Å²) in [4.78, 5) is 22.1. The van der Waals surface area contributed by atoms with E-state index in [9.17, 15) is 14.7 Å². The molecule has 0 saturated carbocycles. The Hall–Kier alpha value is -1.35. The number of hydrogen-bond donors (Lipinski definition) is 4. The van der Waals surface area contributed by atoms with Gasteiger partial charge in [0, 0.05) is 5.56 Å². The molecule has 6 nitrogen and oxygen atoms in total. The summed E-state index contributed by atoms with van der Waals surface area (Å²) in [7, 11) is 0. The predicted octanol–water partition coefficient (Wildman–Crippen LogP) is -0.427. The molecule has 0 aliphatic rings. The molecule has 0 aliphatic heterocycles. The molecule has 1 atom stereocenters. The van der Waals surface area contributed by atoms with Crippen molar-refractivity contribution in [1.82, 2.24) is 5.32 Å². The Morgan fingerprint density at radius 3 is 2.65 bits per heavy atom. The van der Waals surface area contributed by atoms with Gasteiger partial charge in [0.1, 0.15) is 11.9 Å².